The lowest BCUT2D eigenvalue weighted by Crippen LogP contribution is -2.33. The van der Waals surface area contributed by atoms with Gasteiger partial charge in [0.1, 0.15) is 5.75 Å². The van der Waals surface area contributed by atoms with Crippen LogP contribution < -0.4 is 10.1 Å². The van der Waals surface area contributed by atoms with Crippen LogP contribution in [-0.4, -0.2) is 41.2 Å². The molecule has 2 aromatic rings. The van der Waals surface area contributed by atoms with Crippen molar-refractivity contribution in [1.82, 2.24) is 4.90 Å². The number of carbonyl (C=O) groups excluding carboxylic acids is 3. The molecule has 1 aliphatic rings. The molecule has 29 heavy (non-hydrogen) atoms. The fourth-order valence-corrected chi connectivity index (χ4v) is 3.05. The number of rotatable bonds is 6. The Hall–Kier alpha value is -3.75. The Morgan fingerprint density at radius 1 is 1.14 bits per heavy atom. The Kier molecular flexibility index (Phi) is 5.31. The quantitative estimate of drug-likeness (QED) is 0.454. The van der Waals surface area contributed by atoms with Crippen LogP contribution in [0.3, 0.4) is 0 Å². The molecular weight excluding hydrogens is 378 g/mol. The number of amides is 3. The van der Waals surface area contributed by atoms with Crippen LogP contribution in [0.1, 0.15) is 44.9 Å². The molecule has 3 amide bonds. The van der Waals surface area contributed by atoms with Crippen LogP contribution in [0.2, 0.25) is 0 Å². The van der Waals surface area contributed by atoms with Crippen LogP contribution in [0.5, 0.6) is 5.75 Å². The number of nitro groups is 1. The summed E-state index contributed by atoms with van der Waals surface area (Å²) in [6.07, 6.45) is 0. The molecule has 9 nitrogen and oxygen atoms in total. The van der Waals surface area contributed by atoms with Crippen LogP contribution in [-0.2, 0) is 0 Å². The van der Waals surface area contributed by atoms with Gasteiger partial charge in [-0.15, -0.1) is 0 Å². The van der Waals surface area contributed by atoms with Crippen molar-refractivity contribution < 1.29 is 24.0 Å². The van der Waals surface area contributed by atoms with E-state index in [1.54, 1.807) is 0 Å². The van der Waals surface area contributed by atoms with E-state index in [4.69, 9.17) is 4.74 Å². The van der Waals surface area contributed by atoms with Crippen LogP contribution in [0, 0.1) is 16.0 Å². The van der Waals surface area contributed by atoms with Crippen molar-refractivity contribution in [3.63, 3.8) is 0 Å². The number of fused-ring (bicyclic) bond motifs is 1. The van der Waals surface area contributed by atoms with E-state index in [0.717, 1.165) is 0 Å². The lowest BCUT2D eigenvalue weighted by atomic mass is 10.1. The van der Waals surface area contributed by atoms with Gasteiger partial charge in [0.05, 0.1) is 34.9 Å². The van der Waals surface area contributed by atoms with E-state index < -0.39 is 16.7 Å². The summed E-state index contributed by atoms with van der Waals surface area (Å²) >= 11 is 0. The number of imide groups is 1. The molecule has 0 aliphatic carbocycles. The Bertz CT molecular complexity index is 1030. The molecule has 0 spiro atoms. The van der Waals surface area contributed by atoms with Gasteiger partial charge in [-0.25, -0.2) is 0 Å². The number of benzene rings is 2. The molecule has 3 rings (SSSR count). The van der Waals surface area contributed by atoms with Crippen LogP contribution in [0.15, 0.2) is 36.4 Å². The van der Waals surface area contributed by atoms with Gasteiger partial charge in [0, 0.05) is 18.2 Å². The number of nitrogens with one attached hydrogen (secondary N) is 1. The third kappa shape index (κ3) is 3.79. The number of carbonyl (C=O) groups is 3. The first-order valence-electron chi connectivity index (χ1n) is 8.87. The van der Waals surface area contributed by atoms with Crippen molar-refractivity contribution in [1.29, 1.82) is 0 Å². The lowest BCUT2D eigenvalue weighted by Gasteiger charge is -2.15. The normalized spacial score (nSPS) is 12.9. The number of anilines is 1. The summed E-state index contributed by atoms with van der Waals surface area (Å²) in [5.41, 5.74) is 0.690. The van der Waals surface area contributed by atoms with Crippen molar-refractivity contribution in [3.05, 3.63) is 63.2 Å². The summed E-state index contributed by atoms with van der Waals surface area (Å²) in [6, 6.07) is 8.09. The average molecular weight is 397 g/mol. The molecule has 0 aromatic heterocycles. The first kappa shape index (κ1) is 20.0. The summed E-state index contributed by atoms with van der Waals surface area (Å²) in [5, 5.41) is 13.5. The molecule has 0 fully saturated rings. The summed E-state index contributed by atoms with van der Waals surface area (Å²) in [4.78, 5) is 49.1. The minimum absolute atomic E-state index is 0.120. The summed E-state index contributed by atoms with van der Waals surface area (Å²) in [5.74, 6) is -1.09. The van der Waals surface area contributed by atoms with E-state index in [1.807, 2.05) is 13.8 Å². The molecule has 1 aliphatic heterocycles. The third-order valence-electron chi connectivity index (χ3n) is 4.42. The van der Waals surface area contributed by atoms with Gasteiger partial charge in [0.2, 0.25) is 0 Å². The largest absolute Gasteiger partial charge is 0.494 e. The Morgan fingerprint density at radius 3 is 2.45 bits per heavy atom. The monoisotopic (exact) mass is 397 g/mol. The summed E-state index contributed by atoms with van der Waals surface area (Å²) in [6.45, 7) is 4.11. The molecule has 150 valence electrons. The summed E-state index contributed by atoms with van der Waals surface area (Å²) in [7, 11) is 1.33. The maximum absolute atomic E-state index is 12.6. The number of methoxy groups -OCH3 is 1. The molecule has 9 heteroatoms. The third-order valence-corrected chi connectivity index (χ3v) is 4.42. The number of nitro benzene ring substituents is 1. The Labute approximate surface area is 166 Å². The van der Waals surface area contributed by atoms with E-state index in [9.17, 15) is 24.5 Å². The molecule has 0 unspecified atom stereocenters. The lowest BCUT2D eigenvalue weighted by molar-refractivity contribution is -0.384. The van der Waals surface area contributed by atoms with Gasteiger partial charge in [-0.1, -0.05) is 13.8 Å². The predicted molar refractivity (Wildman–Crippen MR) is 104 cm³/mol. The van der Waals surface area contributed by atoms with Crippen molar-refractivity contribution in [2.75, 3.05) is 19.0 Å². The molecule has 0 saturated carbocycles. The zero-order chi connectivity index (χ0) is 21.3. The number of ether oxygens (including phenoxy) is 1. The number of non-ortho nitro benzene ring substituents is 1. The van der Waals surface area contributed by atoms with Gasteiger partial charge >= 0.3 is 0 Å². The minimum atomic E-state index is -0.569. The first-order chi connectivity index (χ1) is 13.7. The topological polar surface area (TPSA) is 119 Å². The van der Waals surface area contributed by atoms with Crippen LogP contribution >= 0.6 is 0 Å². The highest BCUT2D eigenvalue weighted by atomic mass is 16.6. The van der Waals surface area contributed by atoms with Crippen molar-refractivity contribution >= 4 is 29.1 Å². The second-order valence-electron chi connectivity index (χ2n) is 6.97. The smallest absolute Gasteiger partial charge is 0.273 e. The van der Waals surface area contributed by atoms with E-state index in [-0.39, 0.29) is 45.6 Å². The van der Waals surface area contributed by atoms with Crippen molar-refractivity contribution in [3.8, 4) is 5.75 Å². The van der Waals surface area contributed by atoms with Gasteiger partial charge in [0.25, 0.3) is 23.4 Å². The van der Waals surface area contributed by atoms with Gasteiger partial charge in [-0.05, 0) is 30.2 Å². The molecule has 0 bridgehead atoms. The van der Waals surface area contributed by atoms with Gasteiger partial charge in [0.15, 0.2) is 0 Å². The maximum Gasteiger partial charge on any atom is 0.273 e. The summed E-state index contributed by atoms with van der Waals surface area (Å²) < 4.78 is 5.10. The maximum atomic E-state index is 12.6. The highest BCUT2D eigenvalue weighted by Crippen LogP contribution is 2.30. The van der Waals surface area contributed by atoms with Crippen molar-refractivity contribution in [2.45, 2.75) is 13.8 Å². The standard InChI is InChI=1S/C20H19N3O6/c1-11(2)10-22-19(25)14-6-4-12(8-15(14)20(22)26)18(24)21-16-7-5-13(23(27)28)9-17(16)29-3/h4-9,11H,10H2,1-3H3,(H,21,24). The Balaban J connectivity index is 1.86. The number of hydrogen-bond acceptors (Lipinski definition) is 6. The Morgan fingerprint density at radius 2 is 1.83 bits per heavy atom. The van der Waals surface area contributed by atoms with Crippen LogP contribution in [0.4, 0.5) is 11.4 Å². The molecule has 0 atom stereocenters. The van der Waals surface area contributed by atoms with Crippen molar-refractivity contribution in [2.24, 2.45) is 5.92 Å². The highest BCUT2D eigenvalue weighted by molar-refractivity contribution is 6.22. The molecule has 0 radical (unpaired) electrons. The second-order valence-corrected chi connectivity index (χ2v) is 6.97. The number of nitrogens with zero attached hydrogens (tertiary/aromatic N) is 2. The molecule has 1 heterocycles. The fraction of sp³-hybridized carbons (Fsp3) is 0.250. The molecule has 2 aromatic carbocycles. The zero-order valence-electron chi connectivity index (χ0n) is 16.1. The zero-order valence-corrected chi connectivity index (χ0v) is 16.1. The molecular formula is C20H19N3O6. The molecule has 1 N–H and O–H groups in total. The first-order valence-corrected chi connectivity index (χ1v) is 8.87. The fourth-order valence-electron chi connectivity index (χ4n) is 3.05. The predicted octanol–water partition coefficient (Wildman–Crippen LogP) is 3.11. The van der Waals surface area contributed by atoms with Crippen LogP contribution in [0.25, 0.3) is 0 Å². The molecule has 0 saturated heterocycles. The van der Waals surface area contributed by atoms with Gasteiger partial charge in [-0.2, -0.15) is 0 Å². The van der Waals surface area contributed by atoms with E-state index in [1.165, 1.54) is 48.4 Å². The van der Waals surface area contributed by atoms with Gasteiger partial charge < -0.3 is 10.1 Å². The SMILES string of the molecule is COc1cc([N+](=O)[O-])ccc1NC(=O)c1ccc2c(c1)C(=O)N(CC(C)C)C2=O. The highest BCUT2D eigenvalue weighted by Gasteiger charge is 2.36. The number of hydrogen-bond donors (Lipinski definition) is 1. The van der Waals surface area contributed by atoms with E-state index in [2.05, 4.69) is 5.32 Å². The average Bonchev–Trinajstić information content (AvgIpc) is 2.92. The second kappa shape index (κ2) is 7.70. The van der Waals surface area contributed by atoms with Gasteiger partial charge in [-0.3, -0.25) is 29.4 Å². The van der Waals surface area contributed by atoms with E-state index >= 15 is 0 Å². The van der Waals surface area contributed by atoms with E-state index in [0.29, 0.717) is 6.54 Å². The minimum Gasteiger partial charge on any atom is -0.494 e.